The Bertz CT molecular complexity index is 692. The number of aliphatic imine (C=N–C) groups is 1. The van der Waals surface area contributed by atoms with E-state index in [0.29, 0.717) is 11.3 Å². The van der Waals surface area contributed by atoms with Crippen LogP contribution in [0.3, 0.4) is 0 Å². The molecule has 1 aromatic rings. The quantitative estimate of drug-likeness (QED) is 0.802. The number of esters is 1. The first-order valence-corrected chi connectivity index (χ1v) is 7.67. The highest BCUT2D eigenvalue weighted by atomic mass is 32.2. The molecule has 22 heavy (non-hydrogen) atoms. The zero-order valence-electron chi connectivity index (χ0n) is 12.6. The topological polar surface area (TPSA) is 51.1 Å². The van der Waals surface area contributed by atoms with Crippen molar-refractivity contribution in [1.82, 2.24) is 4.90 Å². The van der Waals surface area contributed by atoms with E-state index in [0.717, 1.165) is 16.5 Å². The Morgan fingerprint density at radius 2 is 2.00 bits per heavy atom. The summed E-state index contributed by atoms with van der Waals surface area (Å²) in [7, 11) is 3.02. The lowest BCUT2D eigenvalue weighted by Gasteiger charge is -2.33. The number of carbonyl (C=O) groups is 1. The van der Waals surface area contributed by atoms with Gasteiger partial charge in [0.25, 0.3) is 0 Å². The van der Waals surface area contributed by atoms with Crippen molar-refractivity contribution in [3.8, 4) is 5.75 Å². The van der Waals surface area contributed by atoms with Gasteiger partial charge in [0.05, 0.1) is 31.5 Å². The molecular formula is C16H16N2O3S. The number of carbonyl (C=O) groups excluding carboxylic acids is 1. The van der Waals surface area contributed by atoms with Crippen LogP contribution in [-0.2, 0) is 9.53 Å². The van der Waals surface area contributed by atoms with Crippen molar-refractivity contribution in [2.75, 3.05) is 14.2 Å². The number of fused-ring (bicyclic) bond motifs is 1. The van der Waals surface area contributed by atoms with Gasteiger partial charge < -0.3 is 14.4 Å². The predicted octanol–water partition coefficient (Wildman–Crippen LogP) is 3.07. The third-order valence-electron chi connectivity index (χ3n) is 3.66. The minimum absolute atomic E-state index is 0.239. The molecule has 2 aliphatic heterocycles. The Kier molecular flexibility index (Phi) is 3.94. The first-order chi connectivity index (χ1) is 10.7. The van der Waals surface area contributed by atoms with E-state index >= 15 is 0 Å². The van der Waals surface area contributed by atoms with Gasteiger partial charge >= 0.3 is 5.97 Å². The van der Waals surface area contributed by atoms with E-state index in [1.807, 2.05) is 47.7 Å². The number of hydrogen-bond donors (Lipinski definition) is 0. The molecule has 0 N–H and O–H groups in total. The summed E-state index contributed by atoms with van der Waals surface area (Å²) in [6.45, 7) is 1.84. The van der Waals surface area contributed by atoms with Crippen LogP contribution in [0, 0.1) is 0 Å². The van der Waals surface area contributed by atoms with Gasteiger partial charge in [-0.3, -0.25) is 0 Å². The summed E-state index contributed by atoms with van der Waals surface area (Å²) < 4.78 is 10.2. The molecule has 1 aromatic carbocycles. The monoisotopic (exact) mass is 316 g/mol. The Labute approximate surface area is 133 Å². The molecule has 0 saturated carbocycles. The van der Waals surface area contributed by atoms with Crippen LogP contribution in [0.4, 0.5) is 0 Å². The van der Waals surface area contributed by atoms with Gasteiger partial charge in [-0.1, -0.05) is 23.9 Å². The standard InChI is InChI=1S/C16H16N2O3S/c1-10-13(15(19)21-3)14(18-8-9-22-16(18)17-10)11-4-6-12(20-2)7-5-11/h4-9,14H,1-3H3/t14-/m0/s1. The Morgan fingerprint density at radius 1 is 1.27 bits per heavy atom. The molecule has 2 aliphatic rings. The maximum Gasteiger partial charge on any atom is 0.338 e. The average molecular weight is 316 g/mol. The molecule has 3 rings (SSSR count). The number of benzene rings is 1. The molecule has 2 heterocycles. The Morgan fingerprint density at radius 3 is 2.64 bits per heavy atom. The zero-order chi connectivity index (χ0) is 15.7. The molecule has 0 amide bonds. The molecule has 0 aromatic heterocycles. The molecule has 6 heteroatoms. The van der Waals surface area contributed by atoms with Gasteiger partial charge in [-0.2, -0.15) is 0 Å². The summed E-state index contributed by atoms with van der Waals surface area (Å²) in [6.07, 6.45) is 1.94. The summed E-state index contributed by atoms with van der Waals surface area (Å²) in [5.74, 6) is 0.423. The van der Waals surface area contributed by atoms with Gasteiger partial charge in [-0.25, -0.2) is 9.79 Å². The minimum Gasteiger partial charge on any atom is -0.497 e. The number of allylic oxidation sites excluding steroid dienone is 1. The Hall–Kier alpha value is -2.21. The van der Waals surface area contributed by atoms with Gasteiger partial charge in [-0.15, -0.1) is 0 Å². The fraction of sp³-hybridized carbons (Fsp3) is 0.250. The second-order valence-electron chi connectivity index (χ2n) is 4.87. The molecule has 0 radical (unpaired) electrons. The number of hydrogen-bond acceptors (Lipinski definition) is 6. The van der Waals surface area contributed by atoms with E-state index in [-0.39, 0.29) is 12.0 Å². The molecule has 0 bridgehead atoms. The molecule has 114 valence electrons. The number of amidine groups is 1. The first kappa shape index (κ1) is 14.7. The molecule has 1 atom stereocenters. The maximum absolute atomic E-state index is 12.2. The average Bonchev–Trinajstić information content (AvgIpc) is 3.00. The van der Waals surface area contributed by atoms with Gasteiger partial charge in [0.2, 0.25) is 0 Å². The number of thioether (sulfide) groups is 1. The fourth-order valence-electron chi connectivity index (χ4n) is 2.59. The highest BCUT2D eigenvalue weighted by Gasteiger charge is 2.37. The van der Waals surface area contributed by atoms with Crippen LogP contribution in [0.25, 0.3) is 0 Å². The molecule has 0 aliphatic carbocycles. The highest BCUT2D eigenvalue weighted by Crippen LogP contribution is 2.41. The summed E-state index contributed by atoms with van der Waals surface area (Å²) in [6, 6.07) is 7.45. The van der Waals surface area contributed by atoms with Crippen molar-refractivity contribution in [2.24, 2.45) is 4.99 Å². The second kappa shape index (κ2) is 5.88. The Balaban J connectivity index is 2.09. The van der Waals surface area contributed by atoms with Crippen LogP contribution in [0.1, 0.15) is 18.5 Å². The summed E-state index contributed by atoms with van der Waals surface area (Å²) in [4.78, 5) is 18.7. The van der Waals surface area contributed by atoms with Gasteiger partial charge in [0, 0.05) is 6.20 Å². The van der Waals surface area contributed by atoms with E-state index in [4.69, 9.17) is 9.47 Å². The van der Waals surface area contributed by atoms with Crippen molar-refractivity contribution in [3.05, 3.63) is 52.7 Å². The maximum atomic E-state index is 12.2. The lowest BCUT2D eigenvalue weighted by molar-refractivity contribution is -0.136. The third-order valence-corrected chi connectivity index (χ3v) is 4.43. The van der Waals surface area contributed by atoms with E-state index in [1.54, 1.807) is 18.9 Å². The molecule has 0 spiro atoms. The highest BCUT2D eigenvalue weighted by molar-refractivity contribution is 8.16. The number of nitrogens with zero attached hydrogens (tertiary/aromatic N) is 2. The lowest BCUT2D eigenvalue weighted by atomic mass is 9.95. The second-order valence-corrected chi connectivity index (χ2v) is 5.74. The minimum atomic E-state index is -0.355. The van der Waals surface area contributed by atoms with Crippen LogP contribution < -0.4 is 4.74 Å². The van der Waals surface area contributed by atoms with Gasteiger partial charge in [0.1, 0.15) is 5.75 Å². The summed E-state index contributed by atoms with van der Waals surface area (Å²) >= 11 is 1.54. The normalized spacial score (nSPS) is 19.9. The molecule has 0 saturated heterocycles. The van der Waals surface area contributed by atoms with Gasteiger partial charge in [0.15, 0.2) is 5.17 Å². The fourth-order valence-corrected chi connectivity index (χ4v) is 3.38. The van der Waals surface area contributed by atoms with E-state index < -0.39 is 0 Å². The van der Waals surface area contributed by atoms with Crippen LogP contribution in [-0.4, -0.2) is 30.3 Å². The van der Waals surface area contributed by atoms with Crippen molar-refractivity contribution >= 4 is 22.9 Å². The van der Waals surface area contributed by atoms with E-state index in [1.165, 1.54) is 7.11 Å². The third kappa shape index (κ3) is 2.39. The number of rotatable bonds is 3. The van der Waals surface area contributed by atoms with Crippen molar-refractivity contribution in [3.63, 3.8) is 0 Å². The van der Waals surface area contributed by atoms with Gasteiger partial charge in [-0.05, 0) is 30.0 Å². The number of ether oxygens (including phenoxy) is 2. The zero-order valence-corrected chi connectivity index (χ0v) is 13.4. The van der Waals surface area contributed by atoms with Crippen molar-refractivity contribution in [1.29, 1.82) is 0 Å². The van der Waals surface area contributed by atoms with Crippen LogP contribution in [0.2, 0.25) is 0 Å². The molecule has 0 fully saturated rings. The predicted molar refractivity (Wildman–Crippen MR) is 86.5 cm³/mol. The SMILES string of the molecule is COC(=O)C1=C(C)N=C2SC=CN2[C@H]1c1ccc(OC)cc1. The van der Waals surface area contributed by atoms with Crippen molar-refractivity contribution in [2.45, 2.75) is 13.0 Å². The number of methoxy groups -OCH3 is 2. The van der Waals surface area contributed by atoms with Crippen molar-refractivity contribution < 1.29 is 14.3 Å². The van der Waals surface area contributed by atoms with Crippen LogP contribution in [0.5, 0.6) is 5.75 Å². The lowest BCUT2D eigenvalue weighted by Crippen LogP contribution is -2.33. The first-order valence-electron chi connectivity index (χ1n) is 6.79. The summed E-state index contributed by atoms with van der Waals surface area (Å²) in [5.41, 5.74) is 2.23. The smallest absolute Gasteiger partial charge is 0.338 e. The van der Waals surface area contributed by atoms with Crippen LogP contribution >= 0.6 is 11.8 Å². The molecule has 0 unspecified atom stereocenters. The van der Waals surface area contributed by atoms with E-state index in [9.17, 15) is 4.79 Å². The largest absolute Gasteiger partial charge is 0.497 e. The molecular weight excluding hydrogens is 300 g/mol. The summed E-state index contributed by atoms with van der Waals surface area (Å²) in [5, 5.41) is 2.83. The van der Waals surface area contributed by atoms with E-state index in [2.05, 4.69) is 4.99 Å². The van der Waals surface area contributed by atoms with Crippen LogP contribution in [0.15, 0.2) is 52.1 Å². The molecule has 5 nitrogen and oxygen atoms in total.